The van der Waals surface area contributed by atoms with Crippen molar-refractivity contribution in [2.75, 3.05) is 37.7 Å². The first-order valence-corrected chi connectivity index (χ1v) is 7.58. The molecule has 1 aromatic carbocycles. The summed E-state index contributed by atoms with van der Waals surface area (Å²) in [5.74, 6) is 0.992. The van der Waals surface area contributed by atoms with Crippen LogP contribution in [0, 0.1) is 0 Å². The average Bonchev–Trinajstić information content (AvgIpc) is 2.47. The molecule has 2 fully saturated rings. The van der Waals surface area contributed by atoms with Gasteiger partial charge < -0.3 is 9.64 Å². The Hall–Kier alpha value is -1.22. The molecule has 0 aliphatic carbocycles. The first kappa shape index (κ1) is 12.8. The summed E-state index contributed by atoms with van der Waals surface area (Å²) in [5.41, 5.74) is 1.32. The van der Waals surface area contributed by atoms with Crippen molar-refractivity contribution in [1.82, 2.24) is 4.90 Å². The largest absolute Gasteiger partial charge is 0.494 e. The van der Waals surface area contributed by atoms with Crippen molar-refractivity contribution in [2.45, 2.75) is 32.2 Å². The molecule has 2 aliphatic rings. The van der Waals surface area contributed by atoms with Crippen LogP contribution in [0.5, 0.6) is 5.75 Å². The smallest absolute Gasteiger partial charge is 0.121 e. The summed E-state index contributed by atoms with van der Waals surface area (Å²) in [6, 6.07) is 9.30. The van der Waals surface area contributed by atoms with Crippen molar-refractivity contribution in [3.05, 3.63) is 24.3 Å². The normalized spacial score (nSPS) is 24.1. The van der Waals surface area contributed by atoms with E-state index in [-0.39, 0.29) is 0 Å². The predicted octanol–water partition coefficient (Wildman–Crippen LogP) is 2.76. The monoisotopic (exact) mass is 260 g/mol. The van der Waals surface area contributed by atoms with Crippen molar-refractivity contribution in [1.29, 1.82) is 0 Å². The number of rotatable bonds is 3. The third-order valence-electron chi connectivity index (χ3n) is 4.33. The lowest BCUT2D eigenvalue weighted by atomic mass is 9.99. The Labute approximate surface area is 116 Å². The second-order valence-corrected chi connectivity index (χ2v) is 5.56. The highest BCUT2D eigenvalue weighted by molar-refractivity contribution is 5.51. The number of fused-ring (bicyclic) bond motifs is 1. The number of hydrogen-bond acceptors (Lipinski definition) is 3. The fourth-order valence-corrected chi connectivity index (χ4v) is 3.33. The molecule has 0 radical (unpaired) electrons. The number of piperidine rings is 1. The van der Waals surface area contributed by atoms with Crippen LogP contribution in [0.15, 0.2) is 24.3 Å². The van der Waals surface area contributed by atoms with E-state index in [0.29, 0.717) is 0 Å². The Morgan fingerprint density at radius 2 is 2.16 bits per heavy atom. The molecule has 0 aromatic heterocycles. The van der Waals surface area contributed by atoms with Crippen molar-refractivity contribution in [2.24, 2.45) is 0 Å². The van der Waals surface area contributed by atoms with Crippen LogP contribution in [-0.4, -0.2) is 43.7 Å². The molecule has 3 heteroatoms. The number of ether oxygens (including phenoxy) is 1. The predicted molar refractivity (Wildman–Crippen MR) is 79.0 cm³/mol. The molecule has 1 unspecified atom stereocenters. The molecule has 19 heavy (non-hydrogen) atoms. The van der Waals surface area contributed by atoms with Gasteiger partial charge in [0.2, 0.25) is 0 Å². The lowest BCUT2D eigenvalue weighted by molar-refractivity contribution is 0.133. The molecule has 0 bridgehead atoms. The molecule has 0 N–H and O–H groups in total. The van der Waals surface area contributed by atoms with E-state index in [1.54, 1.807) is 0 Å². The lowest BCUT2D eigenvalue weighted by Gasteiger charge is -2.45. The summed E-state index contributed by atoms with van der Waals surface area (Å²) in [6.45, 7) is 7.61. The molecule has 2 heterocycles. The maximum Gasteiger partial charge on any atom is 0.121 e. The van der Waals surface area contributed by atoms with Crippen LogP contribution >= 0.6 is 0 Å². The van der Waals surface area contributed by atoms with Gasteiger partial charge in [0.05, 0.1) is 6.61 Å². The first-order chi connectivity index (χ1) is 9.36. The molecule has 2 aliphatic heterocycles. The van der Waals surface area contributed by atoms with Crippen LogP contribution in [-0.2, 0) is 0 Å². The zero-order valence-electron chi connectivity index (χ0n) is 11.8. The highest BCUT2D eigenvalue weighted by Gasteiger charge is 2.28. The summed E-state index contributed by atoms with van der Waals surface area (Å²) in [7, 11) is 0. The van der Waals surface area contributed by atoms with Gasteiger partial charge in [-0.05, 0) is 38.4 Å². The fraction of sp³-hybridized carbons (Fsp3) is 0.625. The molecule has 104 valence electrons. The summed E-state index contributed by atoms with van der Waals surface area (Å²) in [6.07, 6.45) is 4.14. The van der Waals surface area contributed by atoms with Crippen molar-refractivity contribution >= 4 is 5.69 Å². The second kappa shape index (κ2) is 5.83. The quantitative estimate of drug-likeness (QED) is 0.831. The molecule has 0 saturated carbocycles. The Balaban J connectivity index is 1.70. The molecular formula is C16H24N2O. The lowest BCUT2D eigenvalue weighted by Crippen LogP contribution is -2.54. The van der Waals surface area contributed by atoms with Crippen LogP contribution in [0.1, 0.15) is 26.2 Å². The van der Waals surface area contributed by atoms with Crippen LogP contribution in [0.25, 0.3) is 0 Å². The highest BCUT2D eigenvalue weighted by Crippen LogP contribution is 2.27. The number of nitrogens with zero attached hydrogens (tertiary/aromatic N) is 2. The molecular weight excluding hydrogens is 236 g/mol. The molecule has 3 nitrogen and oxygen atoms in total. The van der Waals surface area contributed by atoms with Gasteiger partial charge in [0.15, 0.2) is 0 Å². The molecule has 2 saturated heterocycles. The summed E-state index contributed by atoms with van der Waals surface area (Å²) >= 11 is 0. The van der Waals surface area contributed by atoms with Gasteiger partial charge in [-0.15, -0.1) is 0 Å². The van der Waals surface area contributed by atoms with Crippen molar-refractivity contribution in [3.8, 4) is 5.75 Å². The number of anilines is 1. The van der Waals surface area contributed by atoms with E-state index in [4.69, 9.17) is 4.74 Å². The number of piperazine rings is 1. The average molecular weight is 260 g/mol. The van der Waals surface area contributed by atoms with Crippen LogP contribution < -0.4 is 9.64 Å². The number of benzene rings is 1. The second-order valence-electron chi connectivity index (χ2n) is 5.56. The third-order valence-corrected chi connectivity index (χ3v) is 4.33. The van der Waals surface area contributed by atoms with Gasteiger partial charge in [0.25, 0.3) is 0 Å². The molecule has 1 atom stereocenters. The van der Waals surface area contributed by atoms with E-state index < -0.39 is 0 Å². The Bertz CT molecular complexity index is 421. The van der Waals surface area contributed by atoms with Crippen molar-refractivity contribution in [3.63, 3.8) is 0 Å². The van der Waals surface area contributed by atoms with Gasteiger partial charge >= 0.3 is 0 Å². The molecule has 0 amide bonds. The third kappa shape index (κ3) is 2.86. The molecule has 1 aromatic rings. The molecule has 3 rings (SSSR count). The van der Waals surface area contributed by atoms with Gasteiger partial charge in [0, 0.05) is 37.4 Å². The van der Waals surface area contributed by atoms with E-state index in [2.05, 4.69) is 28.0 Å². The maximum absolute atomic E-state index is 5.61. The van der Waals surface area contributed by atoms with E-state index in [9.17, 15) is 0 Å². The van der Waals surface area contributed by atoms with Crippen molar-refractivity contribution < 1.29 is 4.74 Å². The number of hydrogen-bond donors (Lipinski definition) is 0. The van der Waals surface area contributed by atoms with E-state index >= 15 is 0 Å². The van der Waals surface area contributed by atoms with Crippen LogP contribution in [0.3, 0.4) is 0 Å². The minimum atomic E-state index is 0.736. The summed E-state index contributed by atoms with van der Waals surface area (Å²) < 4.78 is 5.61. The topological polar surface area (TPSA) is 15.7 Å². The van der Waals surface area contributed by atoms with Gasteiger partial charge in [0.1, 0.15) is 5.75 Å². The molecule has 0 spiro atoms. The summed E-state index contributed by atoms with van der Waals surface area (Å²) in [4.78, 5) is 5.20. The first-order valence-electron chi connectivity index (χ1n) is 7.58. The fourth-order valence-electron chi connectivity index (χ4n) is 3.33. The van der Waals surface area contributed by atoms with E-state index in [0.717, 1.165) is 24.9 Å². The van der Waals surface area contributed by atoms with Crippen LogP contribution in [0.2, 0.25) is 0 Å². The van der Waals surface area contributed by atoms with Gasteiger partial charge in [-0.25, -0.2) is 0 Å². The van der Waals surface area contributed by atoms with Gasteiger partial charge in [-0.2, -0.15) is 0 Å². The Kier molecular flexibility index (Phi) is 3.92. The zero-order chi connectivity index (χ0) is 13.1. The minimum Gasteiger partial charge on any atom is -0.494 e. The zero-order valence-corrected chi connectivity index (χ0v) is 11.8. The maximum atomic E-state index is 5.61. The standard InChI is InChI=1S/C16H24N2O/c1-2-19-16-8-5-7-14(12-16)18-11-10-17-9-4-3-6-15(17)13-18/h5,7-8,12,15H,2-4,6,9-11,13H2,1H3. The van der Waals surface area contributed by atoms with E-state index in [1.807, 2.05) is 13.0 Å². The van der Waals surface area contributed by atoms with Gasteiger partial charge in [-0.1, -0.05) is 12.5 Å². The summed E-state index contributed by atoms with van der Waals surface area (Å²) in [5, 5.41) is 0. The Morgan fingerprint density at radius 1 is 1.21 bits per heavy atom. The highest BCUT2D eigenvalue weighted by atomic mass is 16.5. The van der Waals surface area contributed by atoms with Gasteiger partial charge in [-0.3, -0.25) is 4.90 Å². The van der Waals surface area contributed by atoms with E-state index in [1.165, 1.54) is 44.6 Å². The SMILES string of the molecule is CCOc1cccc(N2CCN3CCCCC3C2)c1. The minimum absolute atomic E-state index is 0.736. The van der Waals surface area contributed by atoms with Crippen LogP contribution in [0.4, 0.5) is 5.69 Å². The Morgan fingerprint density at radius 3 is 3.05 bits per heavy atom.